The van der Waals surface area contributed by atoms with Crippen molar-refractivity contribution in [1.29, 1.82) is 0 Å². The number of morpholine rings is 1. The highest BCUT2D eigenvalue weighted by Gasteiger charge is 2.34. The fraction of sp³-hybridized carbons (Fsp3) is 0.333. The zero-order valence-corrected chi connectivity index (χ0v) is 17.4. The first-order valence-electron chi connectivity index (χ1n) is 9.79. The molecule has 1 fully saturated rings. The molecule has 0 saturated carbocycles. The second-order valence-corrected chi connectivity index (χ2v) is 7.41. The van der Waals surface area contributed by atoms with Crippen molar-refractivity contribution in [1.82, 2.24) is 24.2 Å². The minimum Gasteiger partial charge on any atom is -0.377 e. The molecule has 3 aromatic rings. The Kier molecular flexibility index (Phi) is 5.32. The zero-order chi connectivity index (χ0) is 22.3. The number of carbonyl (C=O) groups excluding carboxylic acids is 1. The number of ether oxygens (including phenoxy) is 1. The molecule has 1 saturated heterocycles. The summed E-state index contributed by atoms with van der Waals surface area (Å²) in [5, 5.41) is 4.50. The monoisotopic (exact) mass is 427 g/mol. The van der Waals surface area contributed by atoms with Gasteiger partial charge in [0.15, 0.2) is 0 Å². The Balaban J connectivity index is 1.78. The van der Waals surface area contributed by atoms with E-state index in [1.165, 1.54) is 17.8 Å². The molecule has 162 valence electrons. The summed E-state index contributed by atoms with van der Waals surface area (Å²) >= 11 is 0. The molecule has 0 spiro atoms. The summed E-state index contributed by atoms with van der Waals surface area (Å²) in [6, 6.07) is 5.80. The maximum absolute atomic E-state index is 14.4. The van der Waals surface area contributed by atoms with Crippen molar-refractivity contribution >= 4 is 5.91 Å². The fourth-order valence-electron chi connectivity index (χ4n) is 3.95. The van der Waals surface area contributed by atoms with E-state index in [4.69, 9.17) is 4.74 Å². The van der Waals surface area contributed by atoms with Gasteiger partial charge >= 0.3 is 5.69 Å². The van der Waals surface area contributed by atoms with Gasteiger partial charge in [0.05, 0.1) is 24.9 Å². The minimum atomic E-state index is -0.672. The van der Waals surface area contributed by atoms with E-state index in [1.807, 2.05) is 0 Å². The maximum Gasteiger partial charge on any atom is 0.328 e. The quantitative estimate of drug-likeness (QED) is 0.677. The molecule has 0 bridgehead atoms. The molecule has 0 aliphatic carbocycles. The lowest BCUT2D eigenvalue weighted by Gasteiger charge is -2.36. The number of rotatable bonds is 3. The SMILES string of the molecule is Cc1nn(-c2ccccc2F)c(C)c1C1COCCN1C(=O)c1c[nH]c(=O)n(C)c1=O. The Morgan fingerprint density at radius 2 is 2.00 bits per heavy atom. The molecule has 4 rings (SSSR count). The molecular formula is C21H22FN5O4. The van der Waals surface area contributed by atoms with E-state index >= 15 is 0 Å². The second-order valence-electron chi connectivity index (χ2n) is 7.41. The summed E-state index contributed by atoms with van der Waals surface area (Å²) in [4.78, 5) is 41.4. The van der Waals surface area contributed by atoms with Crippen LogP contribution in [0.25, 0.3) is 5.69 Å². The summed E-state index contributed by atoms with van der Waals surface area (Å²) in [5.41, 5.74) is 0.933. The van der Waals surface area contributed by atoms with Crippen molar-refractivity contribution in [3.05, 3.63) is 79.6 Å². The van der Waals surface area contributed by atoms with Crippen molar-refractivity contribution in [3.8, 4) is 5.69 Å². The van der Waals surface area contributed by atoms with Crippen LogP contribution in [0.1, 0.15) is 33.4 Å². The van der Waals surface area contributed by atoms with Gasteiger partial charge < -0.3 is 14.6 Å². The Morgan fingerprint density at radius 3 is 2.74 bits per heavy atom. The van der Waals surface area contributed by atoms with Gasteiger partial charge in [-0.1, -0.05) is 12.1 Å². The van der Waals surface area contributed by atoms with E-state index in [1.54, 1.807) is 36.9 Å². The third kappa shape index (κ3) is 3.48. The van der Waals surface area contributed by atoms with Gasteiger partial charge in [-0.3, -0.25) is 14.2 Å². The van der Waals surface area contributed by atoms with E-state index in [2.05, 4.69) is 10.1 Å². The number of aromatic amines is 1. The van der Waals surface area contributed by atoms with Crippen LogP contribution >= 0.6 is 0 Å². The van der Waals surface area contributed by atoms with E-state index in [9.17, 15) is 18.8 Å². The number of carbonyl (C=O) groups is 1. The van der Waals surface area contributed by atoms with Gasteiger partial charge in [0.25, 0.3) is 11.5 Å². The summed E-state index contributed by atoms with van der Waals surface area (Å²) in [7, 11) is 1.31. The first kappa shape index (κ1) is 20.7. The van der Waals surface area contributed by atoms with Crippen LogP contribution in [-0.2, 0) is 11.8 Å². The predicted octanol–water partition coefficient (Wildman–Crippen LogP) is 1.23. The molecule has 1 atom stereocenters. The van der Waals surface area contributed by atoms with Gasteiger partial charge in [0, 0.05) is 31.0 Å². The summed E-state index contributed by atoms with van der Waals surface area (Å²) in [5.74, 6) is -0.924. The van der Waals surface area contributed by atoms with Crippen LogP contribution in [-0.4, -0.2) is 49.9 Å². The molecule has 31 heavy (non-hydrogen) atoms. The number of benzene rings is 1. The summed E-state index contributed by atoms with van der Waals surface area (Å²) < 4.78 is 22.4. The topological polar surface area (TPSA) is 102 Å². The zero-order valence-electron chi connectivity index (χ0n) is 17.4. The third-order valence-electron chi connectivity index (χ3n) is 5.56. The van der Waals surface area contributed by atoms with Crippen LogP contribution in [0.2, 0.25) is 0 Å². The number of hydrogen-bond acceptors (Lipinski definition) is 5. The number of H-pyrrole nitrogens is 1. The van der Waals surface area contributed by atoms with Gasteiger partial charge in [-0.05, 0) is 26.0 Å². The fourth-order valence-corrected chi connectivity index (χ4v) is 3.95. The molecule has 9 nitrogen and oxygen atoms in total. The number of halogens is 1. The molecule has 1 amide bonds. The van der Waals surface area contributed by atoms with Gasteiger partial charge in [-0.25, -0.2) is 13.9 Å². The standard InChI is InChI=1S/C21H22FN5O4/c1-12-18(13(2)27(24-12)16-7-5-4-6-15(16)22)17-11-31-9-8-26(17)20(29)14-10-23-21(30)25(3)19(14)28/h4-7,10,17H,8-9,11H2,1-3H3,(H,23,30). The number of hydrogen-bond donors (Lipinski definition) is 1. The molecule has 2 aromatic heterocycles. The van der Waals surface area contributed by atoms with E-state index < -0.39 is 29.0 Å². The van der Waals surface area contributed by atoms with Gasteiger partial charge in [-0.15, -0.1) is 0 Å². The van der Waals surface area contributed by atoms with E-state index in [0.29, 0.717) is 23.7 Å². The predicted molar refractivity (Wildman–Crippen MR) is 110 cm³/mol. The van der Waals surface area contributed by atoms with Crippen LogP contribution in [0.4, 0.5) is 4.39 Å². The molecular weight excluding hydrogens is 405 g/mol. The van der Waals surface area contributed by atoms with Crippen LogP contribution in [0, 0.1) is 19.7 Å². The van der Waals surface area contributed by atoms with Crippen LogP contribution in [0.3, 0.4) is 0 Å². The normalized spacial score (nSPS) is 16.5. The van der Waals surface area contributed by atoms with Crippen molar-refractivity contribution in [2.75, 3.05) is 19.8 Å². The molecule has 1 N–H and O–H groups in total. The largest absolute Gasteiger partial charge is 0.377 e. The summed E-state index contributed by atoms with van der Waals surface area (Å²) in [6.07, 6.45) is 1.14. The average molecular weight is 427 g/mol. The number of aromatic nitrogens is 4. The van der Waals surface area contributed by atoms with Crippen molar-refractivity contribution in [3.63, 3.8) is 0 Å². The maximum atomic E-state index is 14.4. The second kappa shape index (κ2) is 7.95. The lowest BCUT2D eigenvalue weighted by atomic mass is 10.0. The van der Waals surface area contributed by atoms with Crippen LogP contribution < -0.4 is 11.2 Å². The molecule has 1 aromatic carbocycles. The van der Waals surface area contributed by atoms with Gasteiger partial charge in [0.2, 0.25) is 0 Å². The number of nitrogens with one attached hydrogen (secondary N) is 1. The van der Waals surface area contributed by atoms with E-state index in [-0.39, 0.29) is 18.7 Å². The smallest absolute Gasteiger partial charge is 0.328 e. The van der Waals surface area contributed by atoms with E-state index in [0.717, 1.165) is 16.3 Å². The third-order valence-corrected chi connectivity index (χ3v) is 5.56. The first-order chi connectivity index (χ1) is 14.8. The number of nitrogens with zero attached hydrogens (tertiary/aromatic N) is 4. The molecule has 10 heteroatoms. The number of amides is 1. The van der Waals surface area contributed by atoms with Crippen LogP contribution in [0.5, 0.6) is 0 Å². The number of para-hydroxylation sites is 1. The first-order valence-corrected chi connectivity index (χ1v) is 9.79. The molecule has 0 radical (unpaired) electrons. The molecule has 1 aliphatic heterocycles. The highest BCUT2D eigenvalue weighted by atomic mass is 19.1. The molecule has 3 heterocycles. The Hall–Kier alpha value is -3.53. The van der Waals surface area contributed by atoms with Crippen molar-refractivity contribution < 1.29 is 13.9 Å². The molecule has 1 aliphatic rings. The minimum absolute atomic E-state index is 0.134. The number of aryl methyl sites for hydroxylation is 1. The van der Waals surface area contributed by atoms with Crippen LogP contribution in [0.15, 0.2) is 40.1 Å². The highest BCUT2D eigenvalue weighted by molar-refractivity contribution is 5.94. The van der Waals surface area contributed by atoms with Gasteiger partial charge in [0.1, 0.15) is 17.1 Å². The lowest BCUT2D eigenvalue weighted by Crippen LogP contribution is -2.47. The van der Waals surface area contributed by atoms with Crippen molar-refractivity contribution in [2.45, 2.75) is 19.9 Å². The summed E-state index contributed by atoms with van der Waals surface area (Å²) in [6.45, 7) is 4.37. The Bertz CT molecular complexity index is 1280. The Labute approximate surface area is 176 Å². The Morgan fingerprint density at radius 1 is 1.26 bits per heavy atom. The lowest BCUT2D eigenvalue weighted by molar-refractivity contribution is -0.00319. The molecule has 1 unspecified atom stereocenters. The van der Waals surface area contributed by atoms with Crippen molar-refractivity contribution in [2.24, 2.45) is 7.05 Å². The highest BCUT2D eigenvalue weighted by Crippen LogP contribution is 2.31. The average Bonchev–Trinajstić information content (AvgIpc) is 3.05. The van der Waals surface area contributed by atoms with Gasteiger partial charge in [-0.2, -0.15) is 5.10 Å².